The molecule has 0 aromatic rings. The summed E-state index contributed by atoms with van der Waals surface area (Å²) in [5.74, 6) is 0.0141. The predicted octanol–water partition coefficient (Wildman–Crippen LogP) is 3.24. The maximum absolute atomic E-state index is 12.6. The van der Waals surface area contributed by atoms with Crippen LogP contribution in [-0.2, 0) is 4.79 Å². The van der Waals surface area contributed by atoms with E-state index in [2.05, 4.69) is 13.8 Å². The van der Waals surface area contributed by atoms with E-state index in [9.17, 15) is 9.90 Å². The van der Waals surface area contributed by atoms with Crippen LogP contribution in [-0.4, -0.2) is 16.5 Å². The molecular weight excluding hydrogens is 212 g/mol. The third-order valence-electron chi connectivity index (χ3n) is 4.94. The summed E-state index contributed by atoms with van der Waals surface area (Å²) in [5, 5.41) is 10.6. The summed E-state index contributed by atoms with van der Waals surface area (Å²) in [4.78, 5) is 12.6. The predicted molar refractivity (Wildman–Crippen MR) is 68.7 cm³/mol. The maximum Gasteiger partial charge on any atom is 0.191 e. The largest absolute Gasteiger partial charge is 0.381 e. The van der Waals surface area contributed by atoms with Gasteiger partial charge in [0.15, 0.2) is 5.78 Å². The summed E-state index contributed by atoms with van der Waals surface area (Å²) in [5.41, 5.74) is 1.07. The summed E-state index contributed by atoms with van der Waals surface area (Å²) < 4.78 is 0. The van der Waals surface area contributed by atoms with Gasteiger partial charge >= 0.3 is 0 Å². The van der Waals surface area contributed by atoms with E-state index in [4.69, 9.17) is 0 Å². The van der Waals surface area contributed by atoms with Crippen LogP contribution in [0.3, 0.4) is 0 Å². The van der Waals surface area contributed by atoms with E-state index in [1.807, 2.05) is 13.8 Å². The van der Waals surface area contributed by atoms with Crippen LogP contribution in [0.15, 0.2) is 11.1 Å². The van der Waals surface area contributed by atoms with Gasteiger partial charge in [-0.1, -0.05) is 26.3 Å². The fraction of sp³-hybridized carbons (Fsp3) is 0.800. The standard InChI is InChI=1S/C15H24O2/c1-10(2)15(17)9-8-14(4)7-5-6-11(3)12(14)13(15)16/h10,17H,5-9H2,1-4H3/t14-,15?/m1/s1. The highest BCUT2D eigenvalue weighted by atomic mass is 16.3. The van der Waals surface area contributed by atoms with Gasteiger partial charge in [-0.3, -0.25) is 4.79 Å². The molecule has 2 heteroatoms. The van der Waals surface area contributed by atoms with Crippen molar-refractivity contribution >= 4 is 5.78 Å². The molecule has 2 atom stereocenters. The van der Waals surface area contributed by atoms with Gasteiger partial charge in [-0.25, -0.2) is 0 Å². The average Bonchev–Trinajstić information content (AvgIpc) is 2.24. The van der Waals surface area contributed by atoms with Crippen LogP contribution >= 0.6 is 0 Å². The van der Waals surface area contributed by atoms with E-state index in [-0.39, 0.29) is 17.1 Å². The van der Waals surface area contributed by atoms with Gasteiger partial charge < -0.3 is 5.11 Å². The number of carbonyl (C=O) groups excluding carboxylic acids is 1. The number of hydrogen-bond donors (Lipinski definition) is 1. The molecule has 0 aromatic heterocycles. The second kappa shape index (κ2) is 3.94. The van der Waals surface area contributed by atoms with E-state index < -0.39 is 5.60 Å². The molecule has 1 fully saturated rings. The zero-order chi connectivity index (χ0) is 12.8. The molecule has 2 aliphatic carbocycles. The van der Waals surface area contributed by atoms with Crippen LogP contribution in [0.1, 0.15) is 59.8 Å². The Labute approximate surface area is 104 Å². The van der Waals surface area contributed by atoms with Gasteiger partial charge in [0.2, 0.25) is 0 Å². The van der Waals surface area contributed by atoms with Crippen molar-refractivity contribution in [3.05, 3.63) is 11.1 Å². The molecule has 1 N–H and O–H groups in total. The van der Waals surface area contributed by atoms with Crippen molar-refractivity contribution in [3.63, 3.8) is 0 Å². The molecule has 2 aliphatic rings. The van der Waals surface area contributed by atoms with Gasteiger partial charge in [-0.2, -0.15) is 0 Å². The highest BCUT2D eigenvalue weighted by molar-refractivity contribution is 6.04. The van der Waals surface area contributed by atoms with Gasteiger partial charge in [0.05, 0.1) is 0 Å². The van der Waals surface area contributed by atoms with Crippen molar-refractivity contribution in [2.75, 3.05) is 0 Å². The summed E-state index contributed by atoms with van der Waals surface area (Å²) in [6.45, 7) is 8.15. The highest BCUT2D eigenvalue weighted by Gasteiger charge is 2.51. The SMILES string of the molecule is CC1=C2C(=O)C(O)(C(C)C)CC[C@@]2(C)CCC1. The minimum atomic E-state index is -1.12. The normalized spacial score (nSPS) is 38.6. The maximum atomic E-state index is 12.6. The lowest BCUT2D eigenvalue weighted by atomic mass is 9.58. The Morgan fingerprint density at radius 1 is 1.24 bits per heavy atom. The second-order valence-corrected chi connectivity index (χ2v) is 6.48. The summed E-state index contributed by atoms with van der Waals surface area (Å²) in [6.07, 6.45) is 4.86. The summed E-state index contributed by atoms with van der Waals surface area (Å²) in [7, 11) is 0. The number of allylic oxidation sites excluding steroid dienone is 1. The van der Waals surface area contributed by atoms with E-state index in [0.717, 1.165) is 24.8 Å². The van der Waals surface area contributed by atoms with E-state index in [1.54, 1.807) is 0 Å². The van der Waals surface area contributed by atoms with Crippen LogP contribution in [0.4, 0.5) is 0 Å². The first-order valence-corrected chi connectivity index (χ1v) is 6.79. The Morgan fingerprint density at radius 3 is 2.47 bits per heavy atom. The molecule has 0 heterocycles. The quantitative estimate of drug-likeness (QED) is 0.759. The van der Waals surface area contributed by atoms with Crippen LogP contribution in [0.25, 0.3) is 0 Å². The zero-order valence-corrected chi connectivity index (χ0v) is 11.5. The number of aliphatic hydroxyl groups is 1. The lowest BCUT2D eigenvalue weighted by molar-refractivity contribution is -0.145. The van der Waals surface area contributed by atoms with E-state index in [1.165, 1.54) is 12.0 Å². The molecule has 0 aromatic carbocycles. The molecule has 0 saturated heterocycles. The van der Waals surface area contributed by atoms with Crippen molar-refractivity contribution in [1.82, 2.24) is 0 Å². The molecule has 17 heavy (non-hydrogen) atoms. The Hall–Kier alpha value is -0.630. The molecule has 96 valence electrons. The molecule has 0 aliphatic heterocycles. The molecule has 2 rings (SSSR count). The fourth-order valence-electron chi connectivity index (χ4n) is 3.57. The molecule has 2 nitrogen and oxygen atoms in total. The van der Waals surface area contributed by atoms with E-state index >= 15 is 0 Å². The number of fused-ring (bicyclic) bond motifs is 1. The van der Waals surface area contributed by atoms with Crippen molar-refractivity contribution in [2.24, 2.45) is 11.3 Å². The first kappa shape index (κ1) is 12.8. The lowest BCUT2D eigenvalue weighted by Crippen LogP contribution is -2.52. The average molecular weight is 236 g/mol. The lowest BCUT2D eigenvalue weighted by Gasteiger charge is -2.47. The van der Waals surface area contributed by atoms with Crippen LogP contribution < -0.4 is 0 Å². The molecule has 1 unspecified atom stereocenters. The number of Topliss-reactive ketones (excluding diaryl/α,β-unsaturated/α-hetero) is 1. The number of rotatable bonds is 1. The second-order valence-electron chi connectivity index (χ2n) is 6.48. The first-order valence-electron chi connectivity index (χ1n) is 6.79. The summed E-state index contributed by atoms with van der Waals surface area (Å²) >= 11 is 0. The topological polar surface area (TPSA) is 37.3 Å². The Kier molecular flexibility index (Phi) is 2.97. The Morgan fingerprint density at radius 2 is 1.88 bits per heavy atom. The molecule has 0 amide bonds. The van der Waals surface area contributed by atoms with Gasteiger partial charge in [-0.15, -0.1) is 0 Å². The van der Waals surface area contributed by atoms with Crippen LogP contribution in [0, 0.1) is 11.3 Å². The van der Waals surface area contributed by atoms with Crippen molar-refractivity contribution in [3.8, 4) is 0 Å². The first-order chi connectivity index (χ1) is 7.81. The monoisotopic (exact) mass is 236 g/mol. The van der Waals surface area contributed by atoms with Crippen LogP contribution in [0.5, 0.6) is 0 Å². The zero-order valence-electron chi connectivity index (χ0n) is 11.5. The number of carbonyl (C=O) groups is 1. The van der Waals surface area contributed by atoms with E-state index in [0.29, 0.717) is 6.42 Å². The van der Waals surface area contributed by atoms with Crippen molar-refractivity contribution in [1.29, 1.82) is 0 Å². The van der Waals surface area contributed by atoms with Gasteiger partial charge in [0.1, 0.15) is 5.60 Å². The minimum Gasteiger partial charge on any atom is -0.381 e. The highest BCUT2D eigenvalue weighted by Crippen LogP contribution is 2.51. The smallest absolute Gasteiger partial charge is 0.191 e. The van der Waals surface area contributed by atoms with Crippen molar-refractivity contribution < 1.29 is 9.90 Å². The molecule has 0 spiro atoms. The van der Waals surface area contributed by atoms with Crippen molar-refractivity contribution in [2.45, 2.75) is 65.4 Å². The third-order valence-corrected chi connectivity index (χ3v) is 4.94. The molecule has 0 radical (unpaired) electrons. The molecule has 1 saturated carbocycles. The van der Waals surface area contributed by atoms with Gasteiger partial charge in [-0.05, 0) is 50.4 Å². The number of hydrogen-bond acceptors (Lipinski definition) is 2. The van der Waals surface area contributed by atoms with Gasteiger partial charge in [0, 0.05) is 5.57 Å². The van der Waals surface area contributed by atoms with Crippen LogP contribution in [0.2, 0.25) is 0 Å². The third kappa shape index (κ3) is 1.77. The molecule has 0 bridgehead atoms. The Balaban J connectivity index is 2.47. The minimum absolute atomic E-state index is 0.00164. The molecular formula is C15H24O2. The van der Waals surface area contributed by atoms with Gasteiger partial charge in [0.25, 0.3) is 0 Å². The summed E-state index contributed by atoms with van der Waals surface area (Å²) in [6, 6.07) is 0. The fourth-order valence-corrected chi connectivity index (χ4v) is 3.57. The Bertz CT molecular complexity index is 380. The number of ketones is 1.